The van der Waals surface area contributed by atoms with Crippen LogP contribution in [-0.4, -0.2) is 33.0 Å². The van der Waals surface area contributed by atoms with Crippen molar-refractivity contribution in [3.63, 3.8) is 0 Å². The molecule has 4 aliphatic carbocycles. The van der Waals surface area contributed by atoms with Crippen molar-refractivity contribution in [2.75, 3.05) is 0 Å². The number of carbonyl (C=O) groups is 1. The zero-order chi connectivity index (χ0) is 17.1. The lowest BCUT2D eigenvalue weighted by atomic mass is 9.42. The molecular weight excluding hydrogens is 292 g/mol. The van der Waals surface area contributed by atoms with Gasteiger partial charge in [0.15, 0.2) is 0 Å². The smallest absolute Gasteiger partial charge is 0.333 e. The molecule has 0 aromatic rings. The number of rotatable bonds is 5. The van der Waals surface area contributed by atoms with Gasteiger partial charge in [0.25, 0.3) is 0 Å². The van der Waals surface area contributed by atoms with E-state index in [1.807, 2.05) is 13.8 Å². The molecule has 0 aromatic carbocycles. The normalized spacial score (nSPS) is 41.9. The van der Waals surface area contributed by atoms with Gasteiger partial charge in [-0.3, -0.25) is 0 Å². The van der Waals surface area contributed by atoms with E-state index in [1.54, 1.807) is 6.92 Å². The summed E-state index contributed by atoms with van der Waals surface area (Å²) in [6, 6.07) is 0. The summed E-state index contributed by atoms with van der Waals surface area (Å²) in [5.41, 5.74) is -2.17. The molecule has 0 radical (unpaired) electrons. The quantitative estimate of drug-likeness (QED) is 0.603. The largest absolute Gasteiger partial charge is 0.455 e. The third kappa shape index (κ3) is 2.45. The summed E-state index contributed by atoms with van der Waals surface area (Å²) in [6.45, 7) is 9.46. The Morgan fingerprint density at radius 1 is 1.13 bits per heavy atom. The lowest BCUT2D eigenvalue weighted by Gasteiger charge is -2.67. The topological polar surface area (TPSA) is 66.8 Å². The van der Waals surface area contributed by atoms with Crippen molar-refractivity contribution in [3.05, 3.63) is 12.2 Å². The summed E-state index contributed by atoms with van der Waals surface area (Å²) in [7, 11) is 0. The molecule has 4 saturated carbocycles. The second kappa shape index (κ2) is 5.06. The number of ether oxygens (including phenoxy) is 1. The maximum Gasteiger partial charge on any atom is 0.333 e. The zero-order valence-electron chi connectivity index (χ0n) is 14.7. The maximum absolute atomic E-state index is 12.3. The highest BCUT2D eigenvalue weighted by Gasteiger charge is 2.68. The molecule has 2 atom stereocenters. The number of hydrogen-bond donors (Lipinski definition) is 2. The number of esters is 1. The van der Waals surface area contributed by atoms with Gasteiger partial charge in [0.05, 0.1) is 11.2 Å². The van der Waals surface area contributed by atoms with Crippen LogP contribution >= 0.6 is 0 Å². The van der Waals surface area contributed by atoms with Crippen LogP contribution in [-0.2, 0) is 9.53 Å². The Morgan fingerprint density at radius 3 is 2.04 bits per heavy atom. The van der Waals surface area contributed by atoms with Crippen LogP contribution in [0.3, 0.4) is 0 Å². The van der Waals surface area contributed by atoms with Crippen LogP contribution in [0.1, 0.15) is 72.1 Å². The van der Waals surface area contributed by atoms with Gasteiger partial charge in [0.2, 0.25) is 0 Å². The van der Waals surface area contributed by atoms with Crippen molar-refractivity contribution in [1.29, 1.82) is 0 Å². The third-order valence-corrected chi connectivity index (χ3v) is 6.75. The first-order valence-corrected chi connectivity index (χ1v) is 8.94. The first kappa shape index (κ1) is 17.0. The lowest BCUT2D eigenvalue weighted by Crippen LogP contribution is -2.69. The highest BCUT2D eigenvalue weighted by Crippen LogP contribution is 2.68. The molecule has 4 nitrogen and oxygen atoms in total. The van der Waals surface area contributed by atoms with Crippen LogP contribution in [0.2, 0.25) is 0 Å². The van der Waals surface area contributed by atoms with Crippen molar-refractivity contribution in [3.8, 4) is 0 Å². The van der Waals surface area contributed by atoms with Gasteiger partial charge in [-0.25, -0.2) is 4.79 Å². The Morgan fingerprint density at radius 2 is 1.65 bits per heavy atom. The fourth-order valence-corrected chi connectivity index (χ4v) is 6.36. The number of hydrogen-bond acceptors (Lipinski definition) is 4. The number of carbonyl (C=O) groups excluding carboxylic acids is 1. The minimum atomic E-state index is -0.806. The minimum Gasteiger partial charge on any atom is -0.455 e. The summed E-state index contributed by atoms with van der Waals surface area (Å²) in [5, 5.41) is 22.0. The van der Waals surface area contributed by atoms with Gasteiger partial charge in [-0.05, 0) is 57.8 Å². The molecular formula is C19H30O4. The van der Waals surface area contributed by atoms with E-state index in [1.165, 1.54) is 0 Å². The summed E-state index contributed by atoms with van der Waals surface area (Å²) in [4.78, 5) is 12.3. The molecule has 0 amide bonds. The van der Waals surface area contributed by atoms with Crippen LogP contribution in [0.25, 0.3) is 0 Å². The summed E-state index contributed by atoms with van der Waals surface area (Å²) in [6.07, 6.45) is 5.60. The molecule has 0 aromatic heterocycles. The summed E-state index contributed by atoms with van der Waals surface area (Å²) in [5.74, 6) is -0.0364. The van der Waals surface area contributed by atoms with Crippen molar-refractivity contribution in [2.45, 2.75) is 88.9 Å². The van der Waals surface area contributed by atoms with Crippen LogP contribution in [0, 0.1) is 11.3 Å². The standard InChI is InChI=1S/C19H30O4/c1-5-19(6-2,23-15(20)13(3)4)16-7-14-8-17(21,10-16)12-18(22,9-14)11-16/h14,21-22H,3,5-12H2,1-2,4H3. The van der Waals surface area contributed by atoms with E-state index in [4.69, 9.17) is 4.74 Å². The van der Waals surface area contributed by atoms with Crippen molar-refractivity contribution in [2.24, 2.45) is 11.3 Å². The molecule has 0 saturated heterocycles. The Balaban J connectivity index is 2.02. The summed E-state index contributed by atoms with van der Waals surface area (Å²) >= 11 is 0. The molecule has 4 fully saturated rings. The van der Waals surface area contributed by atoms with Crippen LogP contribution < -0.4 is 0 Å². The zero-order valence-corrected chi connectivity index (χ0v) is 14.7. The van der Waals surface area contributed by atoms with E-state index >= 15 is 0 Å². The van der Waals surface area contributed by atoms with Crippen LogP contribution in [0.4, 0.5) is 0 Å². The van der Waals surface area contributed by atoms with E-state index in [2.05, 4.69) is 6.58 Å². The van der Waals surface area contributed by atoms with Crippen molar-refractivity contribution in [1.82, 2.24) is 0 Å². The molecule has 0 spiro atoms. The predicted octanol–water partition coefficient (Wildman–Crippen LogP) is 3.11. The highest BCUT2D eigenvalue weighted by molar-refractivity contribution is 5.87. The average molecular weight is 322 g/mol. The van der Waals surface area contributed by atoms with Gasteiger partial charge >= 0.3 is 5.97 Å². The maximum atomic E-state index is 12.3. The highest BCUT2D eigenvalue weighted by atomic mass is 16.6. The SMILES string of the molecule is C=C(C)C(=O)OC(CC)(CC)C12CC3CC(O)(CC(O)(C3)C1)C2. The Kier molecular flexibility index (Phi) is 3.73. The van der Waals surface area contributed by atoms with Gasteiger partial charge in [0.1, 0.15) is 5.60 Å². The molecule has 4 rings (SSSR count). The Labute approximate surface area is 138 Å². The minimum absolute atomic E-state index is 0.322. The van der Waals surface area contributed by atoms with E-state index < -0.39 is 16.8 Å². The lowest BCUT2D eigenvalue weighted by molar-refractivity contribution is -0.279. The molecule has 0 aliphatic heterocycles. The average Bonchev–Trinajstić information content (AvgIpc) is 2.40. The Bertz CT molecular complexity index is 515. The molecule has 130 valence electrons. The molecule has 0 heterocycles. The summed E-state index contributed by atoms with van der Waals surface area (Å²) < 4.78 is 6.01. The van der Waals surface area contributed by atoms with Gasteiger partial charge in [0, 0.05) is 17.4 Å². The second-order valence-electron chi connectivity index (χ2n) is 8.61. The van der Waals surface area contributed by atoms with Gasteiger partial charge < -0.3 is 14.9 Å². The second-order valence-corrected chi connectivity index (χ2v) is 8.61. The van der Waals surface area contributed by atoms with E-state index in [0.717, 1.165) is 19.3 Å². The molecule has 23 heavy (non-hydrogen) atoms. The van der Waals surface area contributed by atoms with Gasteiger partial charge in [-0.15, -0.1) is 0 Å². The van der Waals surface area contributed by atoms with E-state index in [0.29, 0.717) is 43.6 Å². The van der Waals surface area contributed by atoms with E-state index in [-0.39, 0.29) is 11.4 Å². The van der Waals surface area contributed by atoms with Crippen molar-refractivity contribution >= 4 is 5.97 Å². The Hall–Kier alpha value is -0.870. The van der Waals surface area contributed by atoms with Crippen molar-refractivity contribution < 1.29 is 19.7 Å². The first-order chi connectivity index (χ1) is 10.6. The fraction of sp³-hybridized carbons (Fsp3) is 0.842. The predicted molar refractivity (Wildman–Crippen MR) is 87.7 cm³/mol. The molecule has 2 unspecified atom stereocenters. The first-order valence-electron chi connectivity index (χ1n) is 8.94. The molecule has 4 aliphatic rings. The van der Waals surface area contributed by atoms with E-state index in [9.17, 15) is 15.0 Å². The monoisotopic (exact) mass is 322 g/mol. The molecule has 4 bridgehead atoms. The van der Waals surface area contributed by atoms with Gasteiger partial charge in [-0.1, -0.05) is 20.4 Å². The molecule has 4 heteroatoms. The number of aliphatic hydroxyl groups is 2. The fourth-order valence-electron chi connectivity index (χ4n) is 6.36. The van der Waals surface area contributed by atoms with Crippen LogP contribution in [0.5, 0.6) is 0 Å². The third-order valence-electron chi connectivity index (χ3n) is 6.75. The van der Waals surface area contributed by atoms with Crippen LogP contribution in [0.15, 0.2) is 12.2 Å². The molecule has 2 N–H and O–H groups in total. The van der Waals surface area contributed by atoms with Gasteiger partial charge in [-0.2, -0.15) is 0 Å².